The molecule has 2 aromatic rings. The van der Waals surface area contributed by atoms with Gasteiger partial charge in [-0.25, -0.2) is 13.1 Å². The van der Waals surface area contributed by atoms with E-state index in [0.29, 0.717) is 38.1 Å². The quantitative estimate of drug-likeness (QED) is 0.825. The first-order valence-corrected chi connectivity index (χ1v) is 10.4. The molecule has 1 fully saturated rings. The van der Waals surface area contributed by atoms with Crippen molar-refractivity contribution in [2.75, 3.05) is 20.2 Å². The molecule has 2 aromatic carbocycles. The fourth-order valence-electron chi connectivity index (χ4n) is 3.18. The molecule has 1 aliphatic heterocycles. The number of nitrogens with one attached hydrogen (secondary N) is 1. The number of nitrogens with zero attached hydrogens (tertiary/aromatic N) is 1. The lowest BCUT2D eigenvalue weighted by Gasteiger charge is -2.32. The zero-order valence-corrected chi connectivity index (χ0v) is 16.1. The second-order valence-corrected chi connectivity index (χ2v) is 8.34. The van der Waals surface area contributed by atoms with Crippen LogP contribution in [0.5, 0.6) is 0 Å². The summed E-state index contributed by atoms with van der Waals surface area (Å²) in [4.78, 5) is 14.7. The number of rotatable bonds is 6. The maximum Gasteiger partial charge on any atom is 0.253 e. The Labute approximate surface area is 160 Å². The lowest BCUT2D eigenvalue weighted by atomic mass is 10.0. The second-order valence-electron chi connectivity index (χ2n) is 6.63. The van der Waals surface area contributed by atoms with Crippen LogP contribution in [0.3, 0.4) is 0 Å². The molecule has 7 heteroatoms. The van der Waals surface area contributed by atoms with Gasteiger partial charge in [0.15, 0.2) is 0 Å². The molecule has 0 bridgehead atoms. The topological polar surface area (TPSA) is 75.7 Å². The predicted molar refractivity (Wildman–Crippen MR) is 103 cm³/mol. The summed E-state index contributed by atoms with van der Waals surface area (Å²) >= 11 is 0. The van der Waals surface area contributed by atoms with E-state index in [-0.39, 0.29) is 16.8 Å². The number of carbonyl (C=O) groups excluding carboxylic acids is 1. The molecule has 0 unspecified atom stereocenters. The highest BCUT2D eigenvalue weighted by Crippen LogP contribution is 2.17. The van der Waals surface area contributed by atoms with E-state index in [1.54, 1.807) is 54.5 Å². The van der Waals surface area contributed by atoms with E-state index in [2.05, 4.69) is 4.72 Å². The first-order chi connectivity index (χ1) is 13.0. The van der Waals surface area contributed by atoms with Gasteiger partial charge in [0.05, 0.1) is 11.5 Å². The van der Waals surface area contributed by atoms with Gasteiger partial charge < -0.3 is 9.64 Å². The normalized spacial score (nSPS) is 15.7. The largest absolute Gasteiger partial charge is 0.380 e. The van der Waals surface area contributed by atoms with Crippen molar-refractivity contribution in [2.45, 2.75) is 30.4 Å². The summed E-state index contributed by atoms with van der Waals surface area (Å²) in [6.07, 6.45) is 1.19. The standard InChI is InChI=1S/C20H24N2O4S/c1-26-15-16-7-9-17(10-8-16)20(23)22-13-11-18(12-14-22)21-27(24,25)19-5-3-2-4-6-19/h2-10,18,21H,11-15H2,1H3. The maximum absolute atomic E-state index is 12.6. The summed E-state index contributed by atoms with van der Waals surface area (Å²) in [5, 5.41) is 0. The van der Waals surface area contributed by atoms with Gasteiger partial charge in [0.2, 0.25) is 10.0 Å². The van der Waals surface area contributed by atoms with Crippen molar-refractivity contribution in [1.82, 2.24) is 9.62 Å². The molecule has 27 heavy (non-hydrogen) atoms. The van der Waals surface area contributed by atoms with E-state index in [4.69, 9.17) is 4.74 Å². The van der Waals surface area contributed by atoms with Gasteiger partial charge in [-0.1, -0.05) is 30.3 Å². The molecule has 1 heterocycles. The van der Waals surface area contributed by atoms with Crippen LogP contribution in [0.25, 0.3) is 0 Å². The Balaban J connectivity index is 1.56. The average molecular weight is 388 g/mol. The Bertz CT molecular complexity index is 859. The van der Waals surface area contributed by atoms with Crippen molar-refractivity contribution in [3.63, 3.8) is 0 Å². The summed E-state index contributed by atoms with van der Waals surface area (Å²) in [6.45, 7) is 1.57. The number of likely N-dealkylation sites (tertiary alicyclic amines) is 1. The molecule has 0 atom stereocenters. The lowest BCUT2D eigenvalue weighted by Crippen LogP contribution is -2.46. The molecule has 1 amide bonds. The summed E-state index contributed by atoms with van der Waals surface area (Å²) in [5.41, 5.74) is 1.65. The van der Waals surface area contributed by atoms with Gasteiger partial charge in [-0.15, -0.1) is 0 Å². The van der Waals surface area contributed by atoms with Crippen LogP contribution >= 0.6 is 0 Å². The van der Waals surface area contributed by atoms with Gasteiger partial charge in [0.25, 0.3) is 5.91 Å². The summed E-state index contributed by atoms with van der Waals surface area (Å²) in [6, 6.07) is 15.6. The summed E-state index contributed by atoms with van der Waals surface area (Å²) in [5.74, 6) is -0.0247. The van der Waals surface area contributed by atoms with Crippen molar-refractivity contribution >= 4 is 15.9 Å². The minimum atomic E-state index is -3.53. The van der Waals surface area contributed by atoms with Crippen molar-refractivity contribution < 1.29 is 17.9 Å². The Morgan fingerprint density at radius 1 is 1.07 bits per heavy atom. The zero-order chi connectivity index (χ0) is 19.3. The molecular formula is C20H24N2O4S. The number of amides is 1. The van der Waals surface area contributed by atoms with Crippen LogP contribution in [0.1, 0.15) is 28.8 Å². The van der Waals surface area contributed by atoms with Gasteiger partial charge in [-0.3, -0.25) is 4.79 Å². The smallest absolute Gasteiger partial charge is 0.253 e. The molecule has 144 valence electrons. The lowest BCUT2D eigenvalue weighted by molar-refractivity contribution is 0.0711. The fourth-order valence-corrected chi connectivity index (χ4v) is 4.51. The maximum atomic E-state index is 12.6. The molecule has 0 radical (unpaired) electrons. The van der Waals surface area contributed by atoms with Crippen molar-refractivity contribution in [1.29, 1.82) is 0 Å². The van der Waals surface area contributed by atoms with Crippen LogP contribution in [0, 0.1) is 0 Å². The summed E-state index contributed by atoms with van der Waals surface area (Å²) < 4.78 is 32.7. The average Bonchev–Trinajstić information content (AvgIpc) is 2.69. The predicted octanol–water partition coefficient (Wildman–Crippen LogP) is 2.42. The van der Waals surface area contributed by atoms with Crippen molar-refractivity contribution in [3.05, 3.63) is 65.7 Å². The van der Waals surface area contributed by atoms with E-state index in [0.717, 1.165) is 5.56 Å². The van der Waals surface area contributed by atoms with Gasteiger partial charge in [-0.2, -0.15) is 0 Å². The second kappa shape index (κ2) is 8.65. The number of methoxy groups -OCH3 is 1. The van der Waals surface area contributed by atoms with Gasteiger partial charge in [0, 0.05) is 31.8 Å². The highest BCUT2D eigenvalue weighted by molar-refractivity contribution is 7.89. The molecule has 1 saturated heterocycles. The van der Waals surface area contributed by atoms with Crippen LogP contribution in [0.4, 0.5) is 0 Å². The van der Waals surface area contributed by atoms with Crippen LogP contribution in [0.15, 0.2) is 59.5 Å². The van der Waals surface area contributed by atoms with Crippen molar-refractivity contribution in [2.24, 2.45) is 0 Å². The zero-order valence-electron chi connectivity index (χ0n) is 15.3. The number of hydrogen-bond donors (Lipinski definition) is 1. The molecule has 0 saturated carbocycles. The number of hydrogen-bond acceptors (Lipinski definition) is 4. The molecule has 1 N–H and O–H groups in total. The number of piperidine rings is 1. The van der Waals surface area contributed by atoms with E-state index >= 15 is 0 Å². The van der Waals surface area contributed by atoms with Gasteiger partial charge in [-0.05, 0) is 42.7 Å². The van der Waals surface area contributed by atoms with Crippen molar-refractivity contribution in [3.8, 4) is 0 Å². The molecule has 0 aliphatic carbocycles. The number of ether oxygens (including phenoxy) is 1. The molecule has 3 rings (SSSR count). The Hall–Kier alpha value is -2.22. The Morgan fingerprint density at radius 3 is 2.30 bits per heavy atom. The summed E-state index contributed by atoms with van der Waals surface area (Å²) in [7, 11) is -1.89. The molecule has 0 spiro atoms. The van der Waals surface area contributed by atoms with Crippen LogP contribution in [-0.4, -0.2) is 45.5 Å². The van der Waals surface area contributed by atoms with E-state index in [1.165, 1.54) is 0 Å². The third kappa shape index (κ3) is 4.94. The van der Waals surface area contributed by atoms with E-state index in [1.807, 2.05) is 12.1 Å². The highest BCUT2D eigenvalue weighted by Gasteiger charge is 2.27. The first-order valence-electron chi connectivity index (χ1n) is 8.94. The molecule has 6 nitrogen and oxygen atoms in total. The first kappa shape index (κ1) is 19.5. The number of benzene rings is 2. The molecule has 0 aromatic heterocycles. The van der Waals surface area contributed by atoms with E-state index in [9.17, 15) is 13.2 Å². The number of carbonyl (C=O) groups is 1. The number of sulfonamides is 1. The third-order valence-electron chi connectivity index (χ3n) is 4.67. The monoisotopic (exact) mass is 388 g/mol. The minimum Gasteiger partial charge on any atom is -0.380 e. The molecule has 1 aliphatic rings. The van der Waals surface area contributed by atoms with Crippen LogP contribution in [0.2, 0.25) is 0 Å². The van der Waals surface area contributed by atoms with Gasteiger partial charge >= 0.3 is 0 Å². The Morgan fingerprint density at radius 2 is 1.70 bits per heavy atom. The van der Waals surface area contributed by atoms with E-state index < -0.39 is 10.0 Å². The highest BCUT2D eigenvalue weighted by atomic mass is 32.2. The fraction of sp³-hybridized carbons (Fsp3) is 0.350. The van der Waals surface area contributed by atoms with Crippen LogP contribution < -0.4 is 4.72 Å². The third-order valence-corrected chi connectivity index (χ3v) is 6.21. The SMILES string of the molecule is COCc1ccc(C(=O)N2CCC(NS(=O)(=O)c3ccccc3)CC2)cc1. The Kier molecular flexibility index (Phi) is 6.26. The van der Waals surface area contributed by atoms with Gasteiger partial charge in [0.1, 0.15) is 0 Å². The minimum absolute atomic E-state index is 0.0247. The molecular weight excluding hydrogens is 364 g/mol. The van der Waals surface area contributed by atoms with Crippen LogP contribution in [-0.2, 0) is 21.4 Å².